The number of ether oxygens (including phenoxy) is 2. The van der Waals surface area contributed by atoms with E-state index in [9.17, 15) is 14.4 Å². The molecular weight excluding hydrogens is 470 g/mol. The Bertz CT molecular complexity index is 959. The van der Waals surface area contributed by atoms with Crippen LogP contribution in [-0.2, 0) is 14.4 Å². The normalized spacial score (nSPS) is 21.0. The van der Waals surface area contributed by atoms with Crippen molar-refractivity contribution < 1.29 is 23.9 Å². The molecule has 3 amide bonds. The van der Waals surface area contributed by atoms with Crippen molar-refractivity contribution in [2.24, 2.45) is 17.6 Å². The van der Waals surface area contributed by atoms with Crippen molar-refractivity contribution in [1.82, 2.24) is 10.2 Å². The summed E-state index contributed by atoms with van der Waals surface area (Å²) in [7, 11) is 3.22. The molecule has 1 aromatic carbocycles. The van der Waals surface area contributed by atoms with Crippen LogP contribution in [0.1, 0.15) is 88.7 Å². The first-order chi connectivity index (χ1) is 17.7. The number of carbonyl (C=O) groups excluding carboxylic acids is 3. The third kappa shape index (κ3) is 6.57. The minimum atomic E-state index is -0.751. The molecule has 8 heteroatoms. The quantitative estimate of drug-likeness (QED) is 0.488. The van der Waals surface area contributed by atoms with Crippen LogP contribution in [-0.4, -0.2) is 55.5 Å². The van der Waals surface area contributed by atoms with Gasteiger partial charge in [0.1, 0.15) is 12.1 Å². The lowest BCUT2D eigenvalue weighted by Crippen LogP contribution is -2.58. The molecule has 0 unspecified atom stereocenters. The van der Waals surface area contributed by atoms with Crippen LogP contribution in [0, 0.1) is 18.8 Å². The highest BCUT2D eigenvalue weighted by atomic mass is 16.5. The molecule has 2 fully saturated rings. The van der Waals surface area contributed by atoms with E-state index in [0.717, 1.165) is 49.7 Å². The Labute approximate surface area is 221 Å². The Kier molecular flexibility index (Phi) is 10.2. The van der Waals surface area contributed by atoms with E-state index in [2.05, 4.69) is 5.32 Å². The van der Waals surface area contributed by atoms with Gasteiger partial charge in [0, 0.05) is 6.54 Å². The van der Waals surface area contributed by atoms with Gasteiger partial charge in [0.15, 0.2) is 11.5 Å². The second-order valence-electron chi connectivity index (χ2n) is 10.8. The number of hydrogen-bond donors (Lipinski definition) is 2. The van der Waals surface area contributed by atoms with Crippen LogP contribution in [0.5, 0.6) is 11.5 Å². The number of methoxy groups -OCH3 is 2. The van der Waals surface area contributed by atoms with Crippen LogP contribution in [0.15, 0.2) is 12.1 Å². The van der Waals surface area contributed by atoms with Crippen molar-refractivity contribution in [2.45, 2.75) is 96.6 Å². The topological polar surface area (TPSA) is 111 Å². The maximum atomic E-state index is 14.4. The Balaban J connectivity index is 1.96. The first-order valence-corrected chi connectivity index (χ1v) is 13.9. The maximum Gasteiger partial charge on any atom is 0.243 e. The van der Waals surface area contributed by atoms with Crippen LogP contribution in [0.2, 0.25) is 0 Å². The highest BCUT2D eigenvalue weighted by molar-refractivity contribution is 5.93. The summed E-state index contributed by atoms with van der Waals surface area (Å²) in [5.41, 5.74) is 7.44. The second kappa shape index (κ2) is 13.2. The predicted molar refractivity (Wildman–Crippen MR) is 144 cm³/mol. The Morgan fingerprint density at radius 3 is 2.32 bits per heavy atom. The van der Waals surface area contributed by atoms with Gasteiger partial charge in [-0.1, -0.05) is 45.6 Å². The third-order valence-electron chi connectivity index (χ3n) is 8.34. The molecule has 1 heterocycles. The number of benzene rings is 1. The van der Waals surface area contributed by atoms with Crippen LogP contribution in [0.4, 0.5) is 0 Å². The number of amides is 3. The van der Waals surface area contributed by atoms with Gasteiger partial charge in [-0.2, -0.15) is 0 Å². The van der Waals surface area contributed by atoms with E-state index >= 15 is 0 Å². The number of rotatable bonds is 10. The van der Waals surface area contributed by atoms with Crippen LogP contribution >= 0.6 is 0 Å². The van der Waals surface area contributed by atoms with Gasteiger partial charge in [-0.05, 0) is 68.1 Å². The SMILES string of the molecule is CC[C@@H](C)[C@@H](NC(=O)[C@@H]1CCCCN1C(=O)[C@H](c1cc(C)c(OC)c(OC)c1)C1CCCCC1)C(N)=O. The maximum absolute atomic E-state index is 14.4. The van der Waals surface area contributed by atoms with Crippen molar-refractivity contribution in [3.05, 3.63) is 23.3 Å². The zero-order valence-corrected chi connectivity index (χ0v) is 23.2. The standard InChI is InChI=1S/C29H45N3O5/c1-6-18(2)25(27(30)33)31-28(34)22-14-10-11-15-32(22)29(35)24(20-12-8-7-9-13-20)21-16-19(3)26(37-5)23(17-21)36-4/h16-18,20,22,24-25H,6-15H2,1-5H3,(H2,30,33)(H,31,34)/t18-,22+,24+,25-/m1/s1. The Hall–Kier alpha value is -2.77. The number of carbonyl (C=O) groups is 3. The van der Waals surface area contributed by atoms with Crippen molar-refractivity contribution in [1.29, 1.82) is 0 Å². The molecule has 3 rings (SSSR count). The first kappa shape index (κ1) is 28.8. The second-order valence-corrected chi connectivity index (χ2v) is 10.8. The van der Waals surface area contributed by atoms with E-state index in [1.807, 2.05) is 32.9 Å². The Morgan fingerprint density at radius 2 is 1.73 bits per heavy atom. The average molecular weight is 516 g/mol. The van der Waals surface area contributed by atoms with Gasteiger partial charge >= 0.3 is 0 Å². The van der Waals surface area contributed by atoms with E-state index in [-0.39, 0.29) is 29.6 Å². The molecule has 1 aliphatic heterocycles. The van der Waals surface area contributed by atoms with Gasteiger partial charge in [0.25, 0.3) is 0 Å². The minimum Gasteiger partial charge on any atom is -0.493 e. The molecule has 0 aromatic heterocycles. The number of nitrogens with one attached hydrogen (secondary N) is 1. The summed E-state index contributed by atoms with van der Waals surface area (Å²) in [6.07, 6.45) is 8.33. The van der Waals surface area contributed by atoms with Crippen LogP contribution < -0.4 is 20.5 Å². The summed E-state index contributed by atoms with van der Waals surface area (Å²) in [4.78, 5) is 41.7. The summed E-state index contributed by atoms with van der Waals surface area (Å²) < 4.78 is 11.2. The zero-order chi connectivity index (χ0) is 27.1. The van der Waals surface area contributed by atoms with Crippen LogP contribution in [0.25, 0.3) is 0 Å². The summed E-state index contributed by atoms with van der Waals surface area (Å²) in [5.74, 6) is 0.170. The lowest BCUT2D eigenvalue weighted by molar-refractivity contribution is -0.145. The molecule has 37 heavy (non-hydrogen) atoms. The molecule has 1 saturated carbocycles. The highest BCUT2D eigenvalue weighted by Crippen LogP contribution is 2.42. The van der Waals surface area contributed by atoms with E-state index < -0.39 is 18.0 Å². The number of piperidine rings is 1. The summed E-state index contributed by atoms with van der Waals surface area (Å²) in [6, 6.07) is 2.59. The molecule has 206 valence electrons. The van der Waals surface area contributed by atoms with E-state index in [1.165, 1.54) is 6.42 Å². The minimum absolute atomic E-state index is 0.0162. The number of likely N-dealkylation sites (tertiary alicyclic amines) is 1. The molecule has 0 bridgehead atoms. The smallest absolute Gasteiger partial charge is 0.243 e. The molecule has 1 aliphatic carbocycles. The fourth-order valence-corrected chi connectivity index (χ4v) is 6.07. The number of primary amides is 1. The predicted octanol–water partition coefficient (Wildman–Crippen LogP) is 4.07. The number of nitrogens with zero attached hydrogens (tertiary/aromatic N) is 1. The number of hydrogen-bond acceptors (Lipinski definition) is 5. The van der Waals surface area contributed by atoms with E-state index in [4.69, 9.17) is 15.2 Å². The van der Waals surface area contributed by atoms with Gasteiger partial charge in [0.05, 0.1) is 20.1 Å². The van der Waals surface area contributed by atoms with Gasteiger partial charge in [-0.3, -0.25) is 14.4 Å². The van der Waals surface area contributed by atoms with Gasteiger partial charge < -0.3 is 25.4 Å². The number of aryl methyl sites for hydroxylation is 1. The van der Waals surface area contributed by atoms with E-state index in [0.29, 0.717) is 30.9 Å². The molecule has 4 atom stereocenters. The highest BCUT2D eigenvalue weighted by Gasteiger charge is 2.41. The lowest BCUT2D eigenvalue weighted by Gasteiger charge is -2.40. The van der Waals surface area contributed by atoms with Gasteiger partial charge in [-0.15, -0.1) is 0 Å². The molecular formula is C29H45N3O5. The Morgan fingerprint density at radius 1 is 1.05 bits per heavy atom. The molecule has 3 N–H and O–H groups in total. The fraction of sp³-hybridized carbons (Fsp3) is 0.690. The number of nitrogens with two attached hydrogens (primary N) is 1. The van der Waals surface area contributed by atoms with Gasteiger partial charge in [0.2, 0.25) is 17.7 Å². The molecule has 8 nitrogen and oxygen atoms in total. The third-order valence-corrected chi connectivity index (χ3v) is 8.34. The largest absolute Gasteiger partial charge is 0.493 e. The van der Waals surface area contributed by atoms with Crippen LogP contribution in [0.3, 0.4) is 0 Å². The first-order valence-electron chi connectivity index (χ1n) is 13.9. The van der Waals surface area contributed by atoms with Crippen molar-refractivity contribution in [2.75, 3.05) is 20.8 Å². The fourth-order valence-electron chi connectivity index (χ4n) is 6.07. The van der Waals surface area contributed by atoms with Crippen molar-refractivity contribution in [3.8, 4) is 11.5 Å². The van der Waals surface area contributed by atoms with Crippen molar-refractivity contribution in [3.63, 3.8) is 0 Å². The molecule has 2 aliphatic rings. The molecule has 0 radical (unpaired) electrons. The summed E-state index contributed by atoms with van der Waals surface area (Å²) >= 11 is 0. The van der Waals surface area contributed by atoms with Gasteiger partial charge in [-0.25, -0.2) is 0 Å². The average Bonchev–Trinajstić information content (AvgIpc) is 2.91. The summed E-state index contributed by atoms with van der Waals surface area (Å²) in [6.45, 7) is 6.35. The molecule has 0 spiro atoms. The monoisotopic (exact) mass is 515 g/mol. The molecule has 1 aromatic rings. The summed E-state index contributed by atoms with van der Waals surface area (Å²) in [5, 5.41) is 2.88. The van der Waals surface area contributed by atoms with E-state index in [1.54, 1.807) is 19.1 Å². The molecule has 1 saturated heterocycles. The lowest BCUT2D eigenvalue weighted by atomic mass is 9.75. The zero-order valence-electron chi connectivity index (χ0n) is 23.2. The van der Waals surface area contributed by atoms with Crippen molar-refractivity contribution >= 4 is 17.7 Å².